The predicted molar refractivity (Wildman–Crippen MR) is 88.8 cm³/mol. The highest BCUT2D eigenvalue weighted by atomic mass is 79.9. The number of benzene rings is 1. The third kappa shape index (κ3) is 4.20. The molecule has 0 spiro atoms. The molecule has 8 heteroatoms. The van der Waals surface area contributed by atoms with Crippen molar-refractivity contribution in [3.8, 4) is 5.75 Å². The summed E-state index contributed by atoms with van der Waals surface area (Å²) in [5, 5.41) is 2.36. The third-order valence-corrected chi connectivity index (χ3v) is 7.47. The minimum absolute atomic E-state index is 0.259. The standard InChI is InChI=1S/C13H13BrClNO3S2/c1-16(21(17,18)13-12(14)6-9-20-13)7-8-19-11-4-2-10(15)3-5-11/h2-6,9H,7-8H2,1H3. The molecule has 0 bridgehead atoms. The zero-order chi connectivity index (χ0) is 15.5. The first-order valence-electron chi connectivity index (χ1n) is 5.99. The van der Waals surface area contributed by atoms with E-state index in [2.05, 4.69) is 15.9 Å². The van der Waals surface area contributed by atoms with Crippen LogP contribution in [0.2, 0.25) is 5.02 Å². The number of rotatable bonds is 6. The Morgan fingerprint density at radius 3 is 2.52 bits per heavy atom. The fourth-order valence-electron chi connectivity index (χ4n) is 1.55. The highest BCUT2D eigenvalue weighted by Crippen LogP contribution is 2.29. The first-order valence-corrected chi connectivity index (χ1v) is 9.48. The van der Waals surface area contributed by atoms with Gasteiger partial charge in [-0.3, -0.25) is 0 Å². The van der Waals surface area contributed by atoms with Crippen LogP contribution in [0.3, 0.4) is 0 Å². The second-order valence-corrected chi connectivity index (χ2v) is 8.63. The number of sulfonamides is 1. The molecule has 0 saturated heterocycles. The van der Waals surface area contributed by atoms with Crippen LogP contribution in [0.5, 0.6) is 5.75 Å². The molecule has 0 N–H and O–H groups in total. The van der Waals surface area contributed by atoms with Gasteiger partial charge in [0.15, 0.2) is 0 Å². The quantitative estimate of drug-likeness (QED) is 0.726. The van der Waals surface area contributed by atoms with Crippen molar-refractivity contribution in [3.05, 3.63) is 45.2 Å². The molecule has 0 aliphatic carbocycles. The summed E-state index contributed by atoms with van der Waals surface area (Å²) in [5.74, 6) is 0.655. The van der Waals surface area contributed by atoms with Gasteiger partial charge in [0.25, 0.3) is 10.0 Å². The van der Waals surface area contributed by atoms with E-state index in [4.69, 9.17) is 16.3 Å². The van der Waals surface area contributed by atoms with Crippen molar-refractivity contribution in [3.63, 3.8) is 0 Å². The predicted octanol–water partition coefficient (Wildman–Crippen LogP) is 3.86. The molecule has 0 fully saturated rings. The lowest BCUT2D eigenvalue weighted by molar-refractivity contribution is 0.287. The van der Waals surface area contributed by atoms with Gasteiger partial charge in [-0.2, -0.15) is 4.31 Å². The van der Waals surface area contributed by atoms with E-state index in [1.165, 1.54) is 22.7 Å². The summed E-state index contributed by atoms with van der Waals surface area (Å²) in [5.41, 5.74) is 0. The van der Waals surface area contributed by atoms with Gasteiger partial charge in [-0.25, -0.2) is 8.42 Å². The van der Waals surface area contributed by atoms with Crippen LogP contribution in [-0.4, -0.2) is 32.9 Å². The van der Waals surface area contributed by atoms with Crippen LogP contribution in [-0.2, 0) is 10.0 Å². The zero-order valence-corrected chi connectivity index (χ0v) is 15.1. The number of ether oxygens (including phenoxy) is 1. The van der Waals surface area contributed by atoms with E-state index in [1.807, 2.05) is 0 Å². The number of thiophene rings is 1. The number of nitrogens with zero attached hydrogens (tertiary/aromatic N) is 1. The summed E-state index contributed by atoms with van der Waals surface area (Å²) in [7, 11) is -1.95. The minimum Gasteiger partial charge on any atom is -0.492 e. The van der Waals surface area contributed by atoms with E-state index in [9.17, 15) is 8.42 Å². The van der Waals surface area contributed by atoms with Crippen molar-refractivity contribution < 1.29 is 13.2 Å². The molecule has 0 aliphatic rings. The van der Waals surface area contributed by atoms with Gasteiger partial charge in [-0.1, -0.05) is 11.6 Å². The first kappa shape index (κ1) is 16.8. The molecule has 0 saturated carbocycles. The van der Waals surface area contributed by atoms with E-state index in [0.29, 0.717) is 19.5 Å². The SMILES string of the molecule is CN(CCOc1ccc(Cl)cc1)S(=O)(=O)c1sccc1Br. The highest BCUT2D eigenvalue weighted by molar-refractivity contribution is 9.10. The average molecular weight is 411 g/mol. The molecule has 4 nitrogen and oxygen atoms in total. The van der Waals surface area contributed by atoms with Crippen LogP contribution in [0.4, 0.5) is 0 Å². The van der Waals surface area contributed by atoms with E-state index >= 15 is 0 Å². The van der Waals surface area contributed by atoms with Gasteiger partial charge < -0.3 is 4.74 Å². The maximum absolute atomic E-state index is 12.3. The van der Waals surface area contributed by atoms with Crippen molar-refractivity contribution in [2.24, 2.45) is 0 Å². The molecule has 0 radical (unpaired) electrons. The second kappa shape index (κ2) is 7.11. The molecule has 114 valence electrons. The number of hydrogen-bond donors (Lipinski definition) is 0. The van der Waals surface area contributed by atoms with Gasteiger partial charge in [0.05, 0.1) is 0 Å². The number of hydrogen-bond acceptors (Lipinski definition) is 4. The molecular formula is C13H13BrClNO3S2. The Bertz CT molecular complexity index is 700. The maximum atomic E-state index is 12.3. The molecule has 1 aromatic heterocycles. The van der Waals surface area contributed by atoms with Crippen LogP contribution in [0.15, 0.2) is 44.4 Å². The van der Waals surface area contributed by atoms with Gasteiger partial charge in [-0.05, 0) is 51.6 Å². The van der Waals surface area contributed by atoms with Crippen molar-refractivity contribution in [1.82, 2.24) is 4.31 Å². The van der Waals surface area contributed by atoms with Gasteiger partial charge in [0, 0.05) is 23.1 Å². The minimum atomic E-state index is -3.48. The average Bonchev–Trinajstić information content (AvgIpc) is 2.88. The van der Waals surface area contributed by atoms with Crippen LogP contribution in [0.25, 0.3) is 0 Å². The summed E-state index contributed by atoms with van der Waals surface area (Å²) in [6, 6.07) is 8.65. The van der Waals surface area contributed by atoms with Gasteiger partial charge in [0.2, 0.25) is 0 Å². The second-order valence-electron chi connectivity index (χ2n) is 4.18. The topological polar surface area (TPSA) is 46.6 Å². The Morgan fingerprint density at radius 2 is 1.95 bits per heavy atom. The summed E-state index contributed by atoms with van der Waals surface area (Å²) >= 11 is 10.2. The molecule has 0 aliphatic heterocycles. The number of likely N-dealkylation sites (N-methyl/N-ethyl adjacent to an activating group) is 1. The van der Waals surface area contributed by atoms with Crippen LogP contribution in [0, 0.1) is 0 Å². The van der Waals surface area contributed by atoms with Crippen molar-refractivity contribution >= 4 is 48.9 Å². The van der Waals surface area contributed by atoms with Gasteiger partial charge >= 0.3 is 0 Å². The fourth-order valence-corrected chi connectivity index (χ4v) is 5.33. The first-order chi connectivity index (χ1) is 9.91. The van der Waals surface area contributed by atoms with E-state index in [-0.39, 0.29) is 13.2 Å². The highest BCUT2D eigenvalue weighted by Gasteiger charge is 2.24. The lowest BCUT2D eigenvalue weighted by atomic mass is 10.3. The summed E-state index contributed by atoms with van der Waals surface area (Å²) in [6.45, 7) is 0.523. The summed E-state index contributed by atoms with van der Waals surface area (Å²) in [6.07, 6.45) is 0. The molecule has 21 heavy (non-hydrogen) atoms. The molecule has 1 heterocycles. The molecule has 2 rings (SSSR count). The van der Waals surface area contributed by atoms with E-state index in [0.717, 1.165) is 0 Å². The van der Waals surface area contributed by atoms with E-state index in [1.54, 1.807) is 35.7 Å². The van der Waals surface area contributed by atoms with Crippen LogP contribution < -0.4 is 4.74 Å². The largest absolute Gasteiger partial charge is 0.492 e. The molecule has 0 unspecified atom stereocenters. The molecule has 0 atom stereocenters. The monoisotopic (exact) mass is 409 g/mol. The Labute approximate surface area is 141 Å². The lowest BCUT2D eigenvalue weighted by Crippen LogP contribution is -2.30. The van der Waals surface area contributed by atoms with E-state index < -0.39 is 10.0 Å². The summed E-state index contributed by atoms with van der Waals surface area (Å²) < 4.78 is 32.3. The Balaban J connectivity index is 1.94. The van der Waals surface area contributed by atoms with Crippen molar-refractivity contribution in [1.29, 1.82) is 0 Å². The third-order valence-electron chi connectivity index (χ3n) is 2.72. The number of halogens is 2. The molecule has 1 aromatic carbocycles. The fraction of sp³-hybridized carbons (Fsp3) is 0.231. The molecule has 0 amide bonds. The smallest absolute Gasteiger partial charge is 0.253 e. The molecular weight excluding hydrogens is 398 g/mol. The van der Waals surface area contributed by atoms with Crippen LogP contribution >= 0.6 is 38.9 Å². The van der Waals surface area contributed by atoms with Crippen molar-refractivity contribution in [2.75, 3.05) is 20.2 Å². The Morgan fingerprint density at radius 1 is 1.29 bits per heavy atom. The normalized spacial score (nSPS) is 11.8. The van der Waals surface area contributed by atoms with Gasteiger partial charge in [-0.15, -0.1) is 11.3 Å². The Kier molecular flexibility index (Phi) is 5.67. The maximum Gasteiger partial charge on any atom is 0.253 e. The zero-order valence-electron chi connectivity index (χ0n) is 11.1. The molecule has 2 aromatic rings. The van der Waals surface area contributed by atoms with Crippen molar-refractivity contribution in [2.45, 2.75) is 4.21 Å². The lowest BCUT2D eigenvalue weighted by Gasteiger charge is -2.16. The Hall–Kier alpha value is -0.600. The van der Waals surface area contributed by atoms with Crippen LogP contribution in [0.1, 0.15) is 0 Å². The van der Waals surface area contributed by atoms with Gasteiger partial charge in [0.1, 0.15) is 16.6 Å². The summed E-state index contributed by atoms with van der Waals surface area (Å²) in [4.78, 5) is 0.